The molecule has 0 amide bonds. The predicted octanol–water partition coefficient (Wildman–Crippen LogP) is 1.42. The van der Waals surface area contributed by atoms with E-state index < -0.39 is 5.60 Å². The van der Waals surface area contributed by atoms with Crippen LogP contribution in [-0.4, -0.2) is 31.3 Å². The van der Waals surface area contributed by atoms with Gasteiger partial charge >= 0.3 is 0 Å². The molecule has 0 radical (unpaired) electrons. The molecule has 6 nitrogen and oxygen atoms in total. The van der Waals surface area contributed by atoms with E-state index in [1.807, 2.05) is 6.92 Å². The minimum Gasteiger partial charge on any atom is -0.469 e. The highest BCUT2D eigenvalue weighted by Crippen LogP contribution is 2.26. The van der Waals surface area contributed by atoms with Crippen LogP contribution >= 0.6 is 11.8 Å². The molecule has 0 fully saturated rings. The molecule has 0 bridgehead atoms. The van der Waals surface area contributed by atoms with Gasteiger partial charge < -0.3 is 15.4 Å². The number of aromatic nitrogens is 3. The normalized spacial score (nSPS) is 12.0. The van der Waals surface area contributed by atoms with E-state index in [2.05, 4.69) is 10.2 Å². The molecule has 0 aliphatic heterocycles. The summed E-state index contributed by atoms with van der Waals surface area (Å²) in [5.41, 5.74) is 0.0441. The summed E-state index contributed by atoms with van der Waals surface area (Å²) >= 11 is 1.36. The molecular formula is C11H16N4O2S. The maximum absolute atomic E-state index is 9.67. The Hall–Kier alpha value is -1.47. The molecule has 0 unspecified atom stereocenters. The SMILES string of the molecule is Cc1occc1-c1nnc(SCC(C)(C)O)n1N. The standard InChI is InChI=1S/C11H16N4O2S/c1-7-8(4-5-17-7)9-13-14-10(15(9)12)18-6-11(2,3)16/h4-5,16H,6,12H2,1-3H3. The highest BCUT2D eigenvalue weighted by atomic mass is 32.2. The molecule has 0 spiro atoms. The first-order valence-electron chi connectivity index (χ1n) is 5.48. The highest BCUT2D eigenvalue weighted by Gasteiger charge is 2.19. The largest absolute Gasteiger partial charge is 0.469 e. The van der Waals surface area contributed by atoms with Gasteiger partial charge in [-0.1, -0.05) is 11.8 Å². The topological polar surface area (TPSA) is 90.1 Å². The first-order chi connectivity index (χ1) is 8.38. The van der Waals surface area contributed by atoms with Crippen LogP contribution in [0.1, 0.15) is 19.6 Å². The van der Waals surface area contributed by atoms with Gasteiger partial charge in [-0.15, -0.1) is 10.2 Å². The van der Waals surface area contributed by atoms with Crippen molar-refractivity contribution in [3.63, 3.8) is 0 Å². The third-order valence-corrected chi connectivity index (χ3v) is 3.71. The van der Waals surface area contributed by atoms with E-state index in [9.17, 15) is 5.11 Å². The third kappa shape index (κ3) is 2.68. The lowest BCUT2D eigenvalue weighted by molar-refractivity contribution is 0.107. The van der Waals surface area contributed by atoms with Gasteiger partial charge in [-0.25, -0.2) is 4.68 Å². The van der Waals surface area contributed by atoms with E-state index in [1.165, 1.54) is 16.4 Å². The first kappa shape index (κ1) is 13.0. The van der Waals surface area contributed by atoms with E-state index in [1.54, 1.807) is 26.2 Å². The predicted molar refractivity (Wildman–Crippen MR) is 69.6 cm³/mol. The molecule has 0 atom stereocenters. The molecule has 7 heteroatoms. The zero-order chi connectivity index (χ0) is 13.3. The van der Waals surface area contributed by atoms with Crippen molar-refractivity contribution in [3.8, 4) is 11.4 Å². The molecule has 0 aromatic carbocycles. The van der Waals surface area contributed by atoms with Gasteiger partial charge in [-0.3, -0.25) is 0 Å². The monoisotopic (exact) mass is 268 g/mol. The molecule has 2 aromatic rings. The summed E-state index contributed by atoms with van der Waals surface area (Å²) in [6.45, 7) is 5.31. The van der Waals surface area contributed by atoms with E-state index in [0.29, 0.717) is 16.7 Å². The minimum atomic E-state index is -0.775. The fourth-order valence-corrected chi connectivity index (χ4v) is 2.22. The fraction of sp³-hybridized carbons (Fsp3) is 0.455. The second-order valence-corrected chi connectivity index (χ2v) is 5.61. The fourth-order valence-electron chi connectivity index (χ4n) is 1.42. The second-order valence-electron chi connectivity index (χ2n) is 4.67. The number of thioether (sulfide) groups is 1. The number of hydrogen-bond acceptors (Lipinski definition) is 6. The Morgan fingerprint density at radius 1 is 1.50 bits per heavy atom. The van der Waals surface area contributed by atoms with Gasteiger partial charge in [0.2, 0.25) is 5.16 Å². The number of rotatable bonds is 4. The van der Waals surface area contributed by atoms with Gasteiger partial charge in [0.1, 0.15) is 5.76 Å². The Balaban J connectivity index is 2.22. The molecule has 0 saturated carbocycles. The molecular weight excluding hydrogens is 252 g/mol. The second kappa shape index (κ2) is 4.66. The van der Waals surface area contributed by atoms with Crippen LogP contribution in [0.25, 0.3) is 11.4 Å². The molecule has 18 heavy (non-hydrogen) atoms. The van der Waals surface area contributed by atoms with Crippen LogP contribution < -0.4 is 5.84 Å². The lowest BCUT2D eigenvalue weighted by Gasteiger charge is -2.15. The van der Waals surface area contributed by atoms with Crippen molar-refractivity contribution >= 4 is 11.8 Å². The van der Waals surface area contributed by atoms with Crippen LogP contribution in [0.4, 0.5) is 0 Å². The molecule has 98 valence electrons. The Morgan fingerprint density at radius 3 is 2.78 bits per heavy atom. The number of nitrogens with zero attached hydrogens (tertiary/aromatic N) is 3. The summed E-state index contributed by atoms with van der Waals surface area (Å²) in [4.78, 5) is 0. The maximum atomic E-state index is 9.67. The van der Waals surface area contributed by atoms with Crippen molar-refractivity contribution < 1.29 is 9.52 Å². The molecule has 2 rings (SSSR count). The van der Waals surface area contributed by atoms with Gasteiger partial charge in [-0.05, 0) is 26.8 Å². The van der Waals surface area contributed by atoms with Crippen LogP contribution in [-0.2, 0) is 0 Å². The van der Waals surface area contributed by atoms with Crippen LogP contribution in [0.5, 0.6) is 0 Å². The Labute approximate surface area is 109 Å². The minimum absolute atomic E-state index is 0.493. The Bertz CT molecular complexity index is 541. The quantitative estimate of drug-likeness (QED) is 0.644. The Morgan fingerprint density at radius 2 is 2.22 bits per heavy atom. The van der Waals surface area contributed by atoms with Gasteiger partial charge in [0.25, 0.3) is 0 Å². The number of aliphatic hydroxyl groups is 1. The van der Waals surface area contributed by atoms with Crippen LogP contribution in [0.3, 0.4) is 0 Å². The number of nitrogen functional groups attached to an aromatic ring is 1. The molecule has 2 aromatic heterocycles. The molecule has 0 aliphatic carbocycles. The average molecular weight is 268 g/mol. The van der Waals surface area contributed by atoms with Crippen molar-refractivity contribution in [1.29, 1.82) is 0 Å². The van der Waals surface area contributed by atoms with Gasteiger partial charge in [0.15, 0.2) is 5.82 Å². The number of hydrogen-bond donors (Lipinski definition) is 2. The summed E-state index contributed by atoms with van der Waals surface area (Å²) in [7, 11) is 0. The lowest BCUT2D eigenvalue weighted by atomic mass is 10.2. The number of furan rings is 1. The van der Waals surface area contributed by atoms with E-state index in [4.69, 9.17) is 10.3 Å². The summed E-state index contributed by atoms with van der Waals surface area (Å²) in [5, 5.41) is 18.3. The van der Waals surface area contributed by atoms with Gasteiger partial charge in [0.05, 0.1) is 17.4 Å². The van der Waals surface area contributed by atoms with Gasteiger partial charge in [-0.2, -0.15) is 0 Å². The van der Waals surface area contributed by atoms with Crippen LogP contribution in [0.2, 0.25) is 0 Å². The summed E-state index contributed by atoms with van der Waals surface area (Å²) in [6, 6.07) is 1.80. The molecule has 0 saturated heterocycles. The van der Waals surface area contributed by atoms with Crippen molar-refractivity contribution in [2.75, 3.05) is 11.6 Å². The smallest absolute Gasteiger partial charge is 0.210 e. The van der Waals surface area contributed by atoms with Crippen LogP contribution in [0.15, 0.2) is 21.9 Å². The number of aryl methyl sites for hydroxylation is 1. The van der Waals surface area contributed by atoms with E-state index in [0.717, 1.165) is 11.3 Å². The summed E-state index contributed by atoms with van der Waals surface area (Å²) in [6.07, 6.45) is 1.59. The Kier molecular flexibility index (Phi) is 3.36. The van der Waals surface area contributed by atoms with E-state index in [-0.39, 0.29) is 0 Å². The highest BCUT2D eigenvalue weighted by molar-refractivity contribution is 7.99. The maximum Gasteiger partial charge on any atom is 0.210 e. The zero-order valence-electron chi connectivity index (χ0n) is 10.5. The van der Waals surface area contributed by atoms with Crippen molar-refractivity contribution in [3.05, 3.63) is 18.1 Å². The summed E-state index contributed by atoms with van der Waals surface area (Å²) in [5.74, 6) is 7.73. The molecule has 3 N–H and O–H groups in total. The first-order valence-corrected chi connectivity index (χ1v) is 6.47. The zero-order valence-corrected chi connectivity index (χ0v) is 11.4. The third-order valence-electron chi connectivity index (χ3n) is 2.32. The van der Waals surface area contributed by atoms with Crippen molar-refractivity contribution in [2.45, 2.75) is 31.5 Å². The van der Waals surface area contributed by atoms with Crippen LogP contribution in [0, 0.1) is 6.92 Å². The number of nitrogens with two attached hydrogens (primary N) is 1. The molecule has 0 aliphatic rings. The van der Waals surface area contributed by atoms with Crippen molar-refractivity contribution in [2.24, 2.45) is 0 Å². The van der Waals surface area contributed by atoms with Gasteiger partial charge in [0, 0.05) is 5.75 Å². The summed E-state index contributed by atoms with van der Waals surface area (Å²) < 4.78 is 6.62. The lowest BCUT2D eigenvalue weighted by Crippen LogP contribution is -2.22. The van der Waals surface area contributed by atoms with Crippen molar-refractivity contribution in [1.82, 2.24) is 14.9 Å². The average Bonchev–Trinajstić information content (AvgIpc) is 2.81. The van der Waals surface area contributed by atoms with E-state index >= 15 is 0 Å². The molecule has 2 heterocycles.